The van der Waals surface area contributed by atoms with Crippen LogP contribution < -0.4 is 5.32 Å². The number of rotatable bonds is 4. The molecule has 0 aliphatic heterocycles. The average Bonchev–Trinajstić information content (AvgIpc) is 3.17. The van der Waals surface area contributed by atoms with Gasteiger partial charge in [0.25, 0.3) is 0 Å². The van der Waals surface area contributed by atoms with Crippen molar-refractivity contribution in [2.75, 3.05) is 5.32 Å². The summed E-state index contributed by atoms with van der Waals surface area (Å²) in [6, 6.07) is 9.76. The number of aliphatic carboxylic acids is 1. The number of nitrogens with zero attached hydrogens (tertiary/aromatic N) is 1. The van der Waals surface area contributed by atoms with Crippen molar-refractivity contribution < 1.29 is 14.7 Å². The minimum absolute atomic E-state index is 0.127. The lowest BCUT2D eigenvalue weighted by molar-refractivity contribution is -0.141. The zero-order valence-electron chi connectivity index (χ0n) is 11.9. The highest BCUT2D eigenvalue weighted by molar-refractivity contribution is 7.14. The van der Waals surface area contributed by atoms with Crippen molar-refractivity contribution >= 4 is 28.3 Å². The zero-order valence-corrected chi connectivity index (χ0v) is 12.7. The standard InChI is InChI=1S/C16H16N2O3S/c19-14(11-6-7-12(8-11)15(20)21)18-16-17-13(9-22-16)10-4-2-1-3-5-10/h1-5,9,11-12H,6-8H2,(H,20,21)(H,17,18,19)/t11-,12-/m0/s1. The molecular formula is C16H16N2O3S. The highest BCUT2D eigenvalue weighted by Gasteiger charge is 2.34. The Hall–Kier alpha value is -2.21. The van der Waals surface area contributed by atoms with Crippen LogP contribution in [-0.2, 0) is 9.59 Å². The van der Waals surface area contributed by atoms with Crippen LogP contribution in [0.15, 0.2) is 35.7 Å². The van der Waals surface area contributed by atoms with E-state index in [0.717, 1.165) is 11.3 Å². The summed E-state index contributed by atoms with van der Waals surface area (Å²) in [6.07, 6.45) is 1.61. The van der Waals surface area contributed by atoms with Crippen LogP contribution in [0.1, 0.15) is 19.3 Å². The van der Waals surface area contributed by atoms with Crippen molar-refractivity contribution in [3.8, 4) is 11.3 Å². The molecule has 0 spiro atoms. The predicted octanol–water partition coefficient (Wildman–Crippen LogP) is 3.25. The molecule has 0 saturated heterocycles. The van der Waals surface area contributed by atoms with E-state index in [-0.39, 0.29) is 11.8 Å². The summed E-state index contributed by atoms with van der Waals surface area (Å²) in [6.45, 7) is 0. The van der Waals surface area contributed by atoms with Crippen LogP contribution in [0.25, 0.3) is 11.3 Å². The summed E-state index contributed by atoms with van der Waals surface area (Å²) >= 11 is 1.38. The predicted molar refractivity (Wildman–Crippen MR) is 84.6 cm³/mol. The Bertz CT molecular complexity index is 684. The van der Waals surface area contributed by atoms with Crippen LogP contribution in [0.2, 0.25) is 0 Å². The fourth-order valence-electron chi connectivity index (χ4n) is 2.72. The summed E-state index contributed by atoms with van der Waals surface area (Å²) in [5.74, 6) is -1.56. The highest BCUT2D eigenvalue weighted by Crippen LogP contribution is 2.32. The number of carbonyl (C=O) groups excluding carboxylic acids is 1. The first-order valence-electron chi connectivity index (χ1n) is 7.18. The van der Waals surface area contributed by atoms with Crippen molar-refractivity contribution in [1.29, 1.82) is 0 Å². The second kappa shape index (κ2) is 6.27. The van der Waals surface area contributed by atoms with Gasteiger partial charge in [0.05, 0.1) is 11.6 Å². The maximum atomic E-state index is 12.2. The number of hydrogen-bond acceptors (Lipinski definition) is 4. The number of carboxylic acids is 1. The summed E-state index contributed by atoms with van der Waals surface area (Å²) in [5, 5.41) is 14.3. The van der Waals surface area contributed by atoms with Gasteiger partial charge in [-0.05, 0) is 19.3 Å². The number of carboxylic acid groups (broad SMARTS) is 1. The van der Waals surface area contributed by atoms with Gasteiger partial charge in [-0.2, -0.15) is 0 Å². The number of aromatic nitrogens is 1. The Morgan fingerprint density at radius 1 is 1.18 bits per heavy atom. The molecular weight excluding hydrogens is 300 g/mol. The van der Waals surface area contributed by atoms with E-state index in [0.29, 0.717) is 24.4 Å². The third kappa shape index (κ3) is 3.17. The molecule has 2 N–H and O–H groups in total. The molecule has 2 aromatic rings. The van der Waals surface area contributed by atoms with E-state index in [2.05, 4.69) is 10.3 Å². The van der Waals surface area contributed by atoms with E-state index < -0.39 is 11.9 Å². The van der Waals surface area contributed by atoms with E-state index in [1.807, 2.05) is 35.7 Å². The van der Waals surface area contributed by atoms with Crippen molar-refractivity contribution in [2.45, 2.75) is 19.3 Å². The van der Waals surface area contributed by atoms with Gasteiger partial charge >= 0.3 is 5.97 Å². The second-order valence-electron chi connectivity index (χ2n) is 5.44. The third-order valence-corrected chi connectivity index (χ3v) is 4.71. The van der Waals surface area contributed by atoms with Gasteiger partial charge in [0.2, 0.25) is 5.91 Å². The van der Waals surface area contributed by atoms with E-state index in [1.165, 1.54) is 11.3 Å². The minimum atomic E-state index is -0.809. The first-order chi connectivity index (χ1) is 10.6. The number of nitrogens with one attached hydrogen (secondary N) is 1. The normalized spacial score (nSPS) is 20.7. The summed E-state index contributed by atoms with van der Waals surface area (Å²) in [5.41, 5.74) is 1.83. The van der Waals surface area contributed by atoms with E-state index in [1.54, 1.807) is 0 Å². The van der Waals surface area contributed by atoms with Gasteiger partial charge in [0.1, 0.15) is 0 Å². The molecule has 1 amide bonds. The Labute approximate surface area is 132 Å². The number of amides is 1. The lowest BCUT2D eigenvalue weighted by atomic mass is 10.0. The molecule has 0 radical (unpaired) electrons. The van der Waals surface area contributed by atoms with Crippen LogP contribution in [0.3, 0.4) is 0 Å². The smallest absolute Gasteiger partial charge is 0.306 e. The molecule has 1 heterocycles. The molecule has 6 heteroatoms. The zero-order chi connectivity index (χ0) is 15.5. The minimum Gasteiger partial charge on any atom is -0.481 e. The van der Waals surface area contributed by atoms with E-state index in [9.17, 15) is 9.59 Å². The quantitative estimate of drug-likeness (QED) is 0.907. The molecule has 1 aromatic carbocycles. The third-order valence-electron chi connectivity index (χ3n) is 3.96. The highest BCUT2D eigenvalue weighted by atomic mass is 32.1. The average molecular weight is 316 g/mol. The van der Waals surface area contributed by atoms with Crippen LogP contribution in [0, 0.1) is 11.8 Å². The molecule has 1 fully saturated rings. The Balaban J connectivity index is 1.63. The molecule has 1 aromatic heterocycles. The lowest BCUT2D eigenvalue weighted by Crippen LogP contribution is -2.21. The van der Waals surface area contributed by atoms with Gasteiger partial charge in [-0.3, -0.25) is 9.59 Å². The number of hydrogen-bond donors (Lipinski definition) is 2. The van der Waals surface area contributed by atoms with Crippen LogP contribution in [-0.4, -0.2) is 22.0 Å². The Morgan fingerprint density at radius 3 is 2.59 bits per heavy atom. The molecule has 1 aliphatic rings. The summed E-state index contributed by atoms with van der Waals surface area (Å²) < 4.78 is 0. The van der Waals surface area contributed by atoms with Gasteiger partial charge in [-0.15, -0.1) is 11.3 Å². The molecule has 2 atom stereocenters. The molecule has 22 heavy (non-hydrogen) atoms. The lowest BCUT2D eigenvalue weighted by Gasteiger charge is -2.08. The van der Waals surface area contributed by atoms with Crippen molar-refractivity contribution in [1.82, 2.24) is 4.98 Å². The van der Waals surface area contributed by atoms with Gasteiger partial charge in [0.15, 0.2) is 5.13 Å². The fraction of sp³-hybridized carbons (Fsp3) is 0.312. The topological polar surface area (TPSA) is 79.3 Å². The fourth-order valence-corrected chi connectivity index (χ4v) is 3.45. The monoisotopic (exact) mass is 316 g/mol. The molecule has 1 aliphatic carbocycles. The van der Waals surface area contributed by atoms with Gasteiger partial charge in [-0.25, -0.2) is 4.98 Å². The van der Waals surface area contributed by atoms with Crippen LogP contribution in [0.4, 0.5) is 5.13 Å². The van der Waals surface area contributed by atoms with E-state index >= 15 is 0 Å². The van der Waals surface area contributed by atoms with Gasteiger partial charge in [0, 0.05) is 16.9 Å². The molecule has 5 nitrogen and oxygen atoms in total. The number of carbonyl (C=O) groups is 2. The molecule has 114 valence electrons. The van der Waals surface area contributed by atoms with E-state index in [4.69, 9.17) is 5.11 Å². The maximum Gasteiger partial charge on any atom is 0.306 e. The molecule has 3 rings (SSSR count). The molecule has 0 bridgehead atoms. The summed E-state index contributed by atoms with van der Waals surface area (Å²) in [7, 11) is 0. The molecule has 0 unspecified atom stereocenters. The van der Waals surface area contributed by atoms with Crippen molar-refractivity contribution in [2.24, 2.45) is 11.8 Å². The largest absolute Gasteiger partial charge is 0.481 e. The number of benzene rings is 1. The second-order valence-corrected chi connectivity index (χ2v) is 6.30. The SMILES string of the molecule is O=C(O)[C@H]1CC[C@H](C(=O)Nc2nc(-c3ccccc3)cs2)C1. The first kappa shape index (κ1) is 14.7. The van der Waals surface area contributed by atoms with Crippen LogP contribution in [0.5, 0.6) is 0 Å². The van der Waals surface area contributed by atoms with Crippen molar-refractivity contribution in [3.05, 3.63) is 35.7 Å². The molecule has 1 saturated carbocycles. The first-order valence-corrected chi connectivity index (χ1v) is 8.06. The Morgan fingerprint density at radius 2 is 1.91 bits per heavy atom. The van der Waals surface area contributed by atoms with Crippen molar-refractivity contribution in [3.63, 3.8) is 0 Å². The number of anilines is 1. The van der Waals surface area contributed by atoms with Crippen LogP contribution >= 0.6 is 11.3 Å². The Kier molecular flexibility index (Phi) is 4.20. The van der Waals surface area contributed by atoms with Gasteiger partial charge in [-0.1, -0.05) is 30.3 Å². The maximum absolute atomic E-state index is 12.2. The summed E-state index contributed by atoms with van der Waals surface area (Å²) in [4.78, 5) is 27.6. The van der Waals surface area contributed by atoms with Gasteiger partial charge < -0.3 is 10.4 Å². The number of thiazole rings is 1.